The van der Waals surface area contributed by atoms with Crippen molar-refractivity contribution in [3.63, 3.8) is 0 Å². The van der Waals surface area contributed by atoms with Crippen molar-refractivity contribution in [2.45, 2.75) is 6.54 Å². The highest BCUT2D eigenvalue weighted by atomic mass is 35.5. The van der Waals surface area contributed by atoms with Gasteiger partial charge in [-0.2, -0.15) is 5.10 Å². The Morgan fingerprint density at radius 1 is 0.893 bits per heavy atom. The summed E-state index contributed by atoms with van der Waals surface area (Å²) >= 11 is 5.94. The van der Waals surface area contributed by atoms with E-state index in [4.69, 9.17) is 11.6 Å². The number of hydrogen-bond donors (Lipinski definition) is 2. The molecule has 0 aliphatic heterocycles. The fraction of sp³-hybridized carbons (Fsp3) is 0.0476. The van der Waals surface area contributed by atoms with Gasteiger partial charge in [-0.15, -0.1) is 5.10 Å². The number of halogens is 1. The molecule has 2 heterocycles. The molecule has 138 valence electrons. The van der Waals surface area contributed by atoms with Crippen LogP contribution in [-0.4, -0.2) is 21.1 Å². The molecule has 4 rings (SSSR count). The highest BCUT2D eigenvalue weighted by Gasteiger charge is 2.12. The lowest BCUT2D eigenvalue weighted by Gasteiger charge is -2.11. The van der Waals surface area contributed by atoms with Crippen molar-refractivity contribution in [1.82, 2.24) is 20.5 Å². The summed E-state index contributed by atoms with van der Waals surface area (Å²) in [6.07, 6.45) is 1.58. The minimum Gasteiger partial charge on any atom is -0.345 e. The normalized spacial score (nSPS) is 10.6. The molecule has 1 amide bonds. The zero-order chi connectivity index (χ0) is 19.3. The van der Waals surface area contributed by atoms with Crippen molar-refractivity contribution in [2.24, 2.45) is 0 Å². The van der Waals surface area contributed by atoms with E-state index in [-0.39, 0.29) is 12.5 Å². The number of fused-ring (bicyclic) bond motifs is 1. The predicted octanol–water partition coefficient (Wildman–Crippen LogP) is 4.35. The number of hydrogen-bond acceptors (Lipinski definition) is 5. The molecule has 0 bridgehead atoms. The summed E-state index contributed by atoms with van der Waals surface area (Å²) in [6.45, 7) is 0.254. The highest BCUT2D eigenvalue weighted by molar-refractivity contribution is 6.30. The van der Waals surface area contributed by atoms with Crippen LogP contribution < -0.4 is 10.6 Å². The molecule has 0 fully saturated rings. The monoisotopic (exact) mass is 389 g/mol. The molecule has 6 nitrogen and oxygen atoms in total. The highest BCUT2D eigenvalue weighted by Crippen LogP contribution is 2.26. The molecule has 0 aliphatic carbocycles. The van der Waals surface area contributed by atoms with Crippen LogP contribution in [0.2, 0.25) is 5.02 Å². The third-order valence-electron chi connectivity index (χ3n) is 4.18. The van der Waals surface area contributed by atoms with Crippen molar-refractivity contribution in [2.75, 3.05) is 5.32 Å². The van der Waals surface area contributed by atoms with Crippen LogP contribution in [0, 0.1) is 0 Å². The molecule has 7 heteroatoms. The van der Waals surface area contributed by atoms with Gasteiger partial charge in [0.05, 0.1) is 12.2 Å². The van der Waals surface area contributed by atoms with Gasteiger partial charge in [0.15, 0.2) is 5.82 Å². The van der Waals surface area contributed by atoms with Crippen LogP contribution in [0.5, 0.6) is 0 Å². The minimum absolute atomic E-state index is 0.254. The van der Waals surface area contributed by atoms with E-state index >= 15 is 0 Å². The lowest BCUT2D eigenvalue weighted by Crippen LogP contribution is -2.24. The summed E-state index contributed by atoms with van der Waals surface area (Å²) in [4.78, 5) is 16.3. The van der Waals surface area contributed by atoms with E-state index < -0.39 is 0 Å². The number of carbonyl (C=O) groups excluding carboxylic acids is 1. The summed E-state index contributed by atoms with van der Waals surface area (Å²) in [7, 11) is 0. The van der Waals surface area contributed by atoms with E-state index in [1.807, 2.05) is 36.4 Å². The summed E-state index contributed by atoms with van der Waals surface area (Å²) < 4.78 is 0. The third kappa shape index (κ3) is 3.92. The zero-order valence-electron chi connectivity index (χ0n) is 14.8. The van der Waals surface area contributed by atoms with E-state index in [0.717, 1.165) is 16.5 Å². The fourth-order valence-corrected chi connectivity index (χ4v) is 2.93. The van der Waals surface area contributed by atoms with Gasteiger partial charge in [0.1, 0.15) is 5.69 Å². The average Bonchev–Trinajstić information content (AvgIpc) is 2.75. The smallest absolute Gasteiger partial charge is 0.270 e. The molecule has 28 heavy (non-hydrogen) atoms. The number of aromatic nitrogens is 3. The molecule has 0 radical (unpaired) electrons. The maximum atomic E-state index is 12.2. The van der Waals surface area contributed by atoms with Gasteiger partial charge in [-0.3, -0.25) is 9.78 Å². The fourth-order valence-electron chi connectivity index (χ4n) is 2.80. The van der Waals surface area contributed by atoms with E-state index in [1.54, 1.807) is 36.5 Å². The van der Waals surface area contributed by atoms with Crippen LogP contribution in [0.25, 0.3) is 10.8 Å². The molecule has 0 unspecified atom stereocenters. The molecule has 0 saturated heterocycles. The number of benzene rings is 2. The standard InChI is InChI=1S/C21H16ClN5O/c22-14-8-10-15(11-9-14)25-20-17-6-2-1-5-16(17)19(26-27-20)13-24-21(28)18-7-3-4-12-23-18/h1-12H,13H2,(H,24,28)(H,25,27). The number of amides is 1. The first-order valence-corrected chi connectivity index (χ1v) is 9.04. The van der Waals surface area contributed by atoms with E-state index in [0.29, 0.717) is 22.2 Å². The zero-order valence-corrected chi connectivity index (χ0v) is 15.5. The van der Waals surface area contributed by atoms with Gasteiger partial charge in [0.2, 0.25) is 0 Å². The molecule has 0 aliphatic rings. The number of nitrogens with zero attached hydrogens (tertiary/aromatic N) is 3. The van der Waals surface area contributed by atoms with E-state index in [2.05, 4.69) is 25.8 Å². The van der Waals surface area contributed by atoms with Crippen molar-refractivity contribution in [1.29, 1.82) is 0 Å². The van der Waals surface area contributed by atoms with Crippen molar-refractivity contribution in [3.05, 3.63) is 89.3 Å². The predicted molar refractivity (Wildman–Crippen MR) is 110 cm³/mol. The number of nitrogens with one attached hydrogen (secondary N) is 2. The van der Waals surface area contributed by atoms with Crippen LogP contribution in [0.15, 0.2) is 72.9 Å². The Hall–Kier alpha value is -3.51. The van der Waals surface area contributed by atoms with Crippen LogP contribution in [0.1, 0.15) is 16.2 Å². The first kappa shape index (κ1) is 17.9. The van der Waals surface area contributed by atoms with Crippen molar-refractivity contribution >= 4 is 39.8 Å². The molecule has 0 saturated carbocycles. The van der Waals surface area contributed by atoms with E-state index in [1.165, 1.54) is 0 Å². The molecule has 0 atom stereocenters. The Kier molecular flexibility index (Phi) is 5.12. The second kappa shape index (κ2) is 8.02. The molecular formula is C21H16ClN5O. The van der Waals surface area contributed by atoms with E-state index in [9.17, 15) is 4.79 Å². The summed E-state index contributed by atoms with van der Waals surface area (Å²) in [5.74, 6) is 0.382. The Morgan fingerprint density at radius 2 is 1.64 bits per heavy atom. The maximum absolute atomic E-state index is 12.2. The summed E-state index contributed by atoms with van der Waals surface area (Å²) in [5, 5.41) is 17.2. The molecule has 2 aromatic heterocycles. The summed E-state index contributed by atoms with van der Waals surface area (Å²) in [6, 6.07) is 20.4. The SMILES string of the molecule is O=C(NCc1nnc(Nc2ccc(Cl)cc2)c2ccccc12)c1ccccn1. The van der Waals surface area contributed by atoms with Gasteiger partial charge in [0, 0.05) is 27.7 Å². The number of pyridine rings is 1. The Balaban J connectivity index is 1.58. The van der Waals surface area contributed by atoms with Crippen molar-refractivity contribution < 1.29 is 4.79 Å². The summed E-state index contributed by atoms with van der Waals surface area (Å²) in [5.41, 5.74) is 1.90. The lowest BCUT2D eigenvalue weighted by atomic mass is 10.1. The number of anilines is 2. The van der Waals surface area contributed by atoms with Gasteiger partial charge in [-0.1, -0.05) is 41.9 Å². The second-order valence-electron chi connectivity index (χ2n) is 6.07. The van der Waals surface area contributed by atoms with Crippen LogP contribution in [0.3, 0.4) is 0 Å². The average molecular weight is 390 g/mol. The number of rotatable bonds is 5. The molecule has 4 aromatic rings. The first-order chi connectivity index (χ1) is 13.7. The van der Waals surface area contributed by atoms with Crippen LogP contribution in [-0.2, 0) is 6.54 Å². The van der Waals surface area contributed by atoms with Gasteiger partial charge in [0.25, 0.3) is 5.91 Å². The quantitative estimate of drug-likeness (QED) is 0.530. The van der Waals surface area contributed by atoms with Gasteiger partial charge >= 0.3 is 0 Å². The molecule has 0 spiro atoms. The third-order valence-corrected chi connectivity index (χ3v) is 4.44. The van der Waals surface area contributed by atoms with Crippen molar-refractivity contribution in [3.8, 4) is 0 Å². The topological polar surface area (TPSA) is 79.8 Å². The Bertz CT molecular complexity index is 1120. The Morgan fingerprint density at radius 3 is 2.39 bits per heavy atom. The molecule has 2 N–H and O–H groups in total. The van der Waals surface area contributed by atoms with Gasteiger partial charge < -0.3 is 10.6 Å². The molecular weight excluding hydrogens is 374 g/mol. The molecule has 2 aromatic carbocycles. The van der Waals surface area contributed by atoms with Gasteiger partial charge in [-0.25, -0.2) is 0 Å². The maximum Gasteiger partial charge on any atom is 0.270 e. The second-order valence-corrected chi connectivity index (χ2v) is 6.51. The minimum atomic E-state index is -0.255. The van der Waals surface area contributed by atoms with Crippen LogP contribution >= 0.6 is 11.6 Å². The van der Waals surface area contributed by atoms with Gasteiger partial charge in [-0.05, 0) is 36.4 Å². The van der Waals surface area contributed by atoms with Crippen LogP contribution in [0.4, 0.5) is 11.5 Å². The first-order valence-electron chi connectivity index (χ1n) is 8.67. The number of carbonyl (C=O) groups is 1. The Labute approximate surface area is 166 Å². The largest absolute Gasteiger partial charge is 0.345 e. The lowest BCUT2D eigenvalue weighted by molar-refractivity contribution is 0.0945.